The van der Waals surface area contributed by atoms with E-state index in [-0.39, 0.29) is 35.8 Å². The third kappa shape index (κ3) is 12.6. The van der Waals surface area contributed by atoms with Gasteiger partial charge in [-0.05, 0) is 97.5 Å². The Morgan fingerprint density at radius 1 is 0.710 bits per heavy atom. The van der Waals surface area contributed by atoms with E-state index in [1.807, 2.05) is 49.4 Å². The Hall–Kier alpha value is -5.08. The van der Waals surface area contributed by atoms with Crippen molar-refractivity contribution in [2.75, 3.05) is 85.1 Å². The van der Waals surface area contributed by atoms with E-state index in [1.165, 1.54) is 22.4 Å². The SMILES string of the molecule is COCCOCCOCCOCCC1(C)\C(=C/C=C/C=C/C=C/C2=[N+](CCOC)c3ccc4ccccc4c3C2(C)C)N(CCCCCC(=O)O)c2ccc3c(S(=O)(=O)[O-])cc(S(=O)(=O)[O-])cc3c21. The fraction of sp³-hybridized carbons (Fsp3) is 0.423. The van der Waals surface area contributed by atoms with E-state index in [0.717, 1.165) is 23.2 Å². The summed E-state index contributed by atoms with van der Waals surface area (Å²) in [5.74, 6) is -0.893. The molecule has 4 aromatic rings. The van der Waals surface area contributed by atoms with Crippen LogP contribution in [0.3, 0.4) is 0 Å². The maximum absolute atomic E-state index is 12.7. The van der Waals surface area contributed by atoms with Crippen LogP contribution in [-0.4, -0.2) is 127 Å². The lowest BCUT2D eigenvalue weighted by Gasteiger charge is -2.31. The largest absolute Gasteiger partial charge is 0.744 e. The Morgan fingerprint density at radius 3 is 2.06 bits per heavy atom. The van der Waals surface area contributed by atoms with E-state index >= 15 is 0 Å². The molecule has 1 atom stereocenters. The van der Waals surface area contributed by atoms with Crippen molar-refractivity contribution in [2.45, 2.75) is 73.5 Å². The summed E-state index contributed by atoms with van der Waals surface area (Å²) in [5.41, 5.74) is 4.16. The molecule has 0 aromatic heterocycles. The molecule has 15 nitrogen and oxygen atoms in total. The van der Waals surface area contributed by atoms with Crippen molar-refractivity contribution >= 4 is 64.8 Å². The quantitative estimate of drug-likeness (QED) is 0.0261. The molecule has 2 aliphatic heterocycles. The van der Waals surface area contributed by atoms with Crippen LogP contribution in [0.15, 0.2) is 119 Å². The molecule has 0 saturated carbocycles. The molecule has 1 unspecified atom stereocenters. The Bertz CT molecular complexity index is 2870. The zero-order valence-corrected chi connectivity index (χ0v) is 41.6. The van der Waals surface area contributed by atoms with Crippen molar-refractivity contribution in [3.8, 4) is 0 Å². The number of benzene rings is 4. The molecule has 0 saturated heterocycles. The molecule has 372 valence electrons. The van der Waals surface area contributed by atoms with E-state index < -0.39 is 41.4 Å². The van der Waals surface area contributed by atoms with Gasteiger partial charge < -0.3 is 42.8 Å². The first-order chi connectivity index (χ1) is 32.9. The van der Waals surface area contributed by atoms with Crippen LogP contribution >= 0.6 is 0 Å². The summed E-state index contributed by atoms with van der Waals surface area (Å²) in [6, 6.07) is 17.7. The van der Waals surface area contributed by atoms with Gasteiger partial charge in [0.05, 0.1) is 54.8 Å². The molecule has 0 fully saturated rings. The molecular weight excluding hydrogens is 925 g/mol. The third-order valence-electron chi connectivity index (χ3n) is 12.7. The molecule has 0 amide bonds. The number of nitrogens with zero attached hydrogens (tertiary/aromatic N) is 2. The number of carboxylic acid groups (broad SMARTS) is 1. The fourth-order valence-electron chi connectivity index (χ4n) is 9.47. The topological polar surface area (TPSA) is 204 Å². The minimum atomic E-state index is -5.25. The van der Waals surface area contributed by atoms with Crippen molar-refractivity contribution < 1.29 is 64.1 Å². The first-order valence-electron chi connectivity index (χ1n) is 23.1. The van der Waals surface area contributed by atoms with Crippen molar-refractivity contribution in [3.63, 3.8) is 0 Å². The Morgan fingerprint density at radius 2 is 1.38 bits per heavy atom. The summed E-state index contributed by atoms with van der Waals surface area (Å²) in [6.07, 6.45) is 15.7. The van der Waals surface area contributed by atoms with Crippen LogP contribution in [0.2, 0.25) is 0 Å². The van der Waals surface area contributed by atoms with Crippen molar-refractivity contribution in [3.05, 3.63) is 120 Å². The molecule has 2 aliphatic rings. The number of carboxylic acids is 1. The second-order valence-corrected chi connectivity index (χ2v) is 20.4. The highest BCUT2D eigenvalue weighted by Gasteiger charge is 2.46. The van der Waals surface area contributed by atoms with E-state index in [4.69, 9.17) is 23.7 Å². The zero-order chi connectivity index (χ0) is 49.8. The third-order valence-corrected chi connectivity index (χ3v) is 14.4. The molecule has 1 N–H and O–H groups in total. The van der Waals surface area contributed by atoms with Crippen molar-refractivity contribution in [2.24, 2.45) is 0 Å². The van der Waals surface area contributed by atoms with Gasteiger partial charge in [-0.25, -0.2) is 16.8 Å². The summed E-state index contributed by atoms with van der Waals surface area (Å²) in [6.45, 7) is 10.5. The first-order valence-corrected chi connectivity index (χ1v) is 25.9. The highest BCUT2D eigenvalue weighted by molar-refractivity contribution is 7.86. The van der Waals surface area contributed by atoms with Gasteiger partial charge in [0.2, 0.25) is 5.69 Å². The molecule has 17 heteroatoms. The lowest BCUT2D eigenvalue weighted by molar-refractivity contribution is -0.441. The van der Waals surface area contributed by atoms with Crippen LogP contribution in [0.25, 0.3) is 21.5 Å². The second-order valence-electron chi connectivity index (χ2n) is 17.7. The number of methoxy groups -OCH3 is 2. The minimum absolute atomic E-state index is 0.0116. The Labute approximate surface area is 405 Å². The molecule has 0 aliphatic carbocycles. The number of fused-ring (bicyclic) bond motifs is 6. The summed E-state index contributed by atoms with van der Waals surface area (Å²) in [5, 5.41) is 11.8. The standard InChI is InChI=1S/C52H64N2O13S2/c1-51(2)46(54(27-29-63-4)43-23-21-38-16-13-14-17-40(38)49(43)51)18-10-7-6-8-11-19-47-52(3,25-28-65-32-33-67-35-34-66-31-30-64-5)50-42-36-39(68(57,58)59)37-45(69(60,61)62)41(42)22-24-44(50)53(47)26-15-9-12-20-48(55)56/h6-8,10-11,13-14,16-19,21-24,36-37H,9,12,15,20,25-35H2,1-5H3,(H2-,55,56,57,58,59,60,61,62)/p-1. The van der Waals surface area contributed by atoms with Crippen LogP contribution in [0.5, 0.6) is 0 Å². The number of hydrogen-bond acceptors (Lipinski definition) is 13. The van der Waals surface area contributed by atoms with Gasteiger partial charge in [-0.15, -0.1) is 0 Å². The van der Waals surface area contributed by atoms with Crippen molar-refractivity contribution in [1.82, 2.24) is 0 Å². The smallest absolute Gasteiger partial charge is 0.303 e. The molecule has 4 aromatic carbocycles. The van der Waals surface area contributed by atoms with Gasteiger partial charge in [-0.1, -0.05) is 67.1 Å². The molecule has 2 heterocycles. The van der Waals surface area contributed by atoms with Crippen LogP contribution in [0.4, 0.5) is 11.4 Å². The Balaban J connectivity index is 1.35. The van der Waals surface area contributed by atoms with Gasteiger partial charge in [0.15, 0.2) is 12.3 Å². The molecule has 0 spiro atoms. The molecule has 0 radical (unpaired) electrons. The molecular formula is C52H63N2O13S2-. The number of hydrogen-bond donors (Lipinski definition) is 1. The maximum Gasteiger partial charge on any atom is 0.303 e. The second kappa shape index (κ2) is 23.7. The number of ether oxygens (including phenoxy) is 5. The summed E-state index contributed by atoms with van der Waals surface area (Å²) in [7, 11) is -7.16. The number of allylic oxidation sites excluding steroid dienone is 8. The molecule has 6 rings (SSSR count). The number of carbonyl (C=O) groups is 1. The van der Waals surface area contributed by atoms with Gasteiger partial charge in [0.25, 0.3) is 0 Å². The highest BCUT2D eigenvalue weighted by Crippen LogP contribution is 2.54. The van der Waals surface area contributed by atoms with Crippen LogP contribution in [0, 0.1) is 0 Å². The van der Waals surface area contributed by atoms with Gasteiger partial charge in [-0.3, -0.25) is 4.79 Å². The predicted molar refractivity (Wildman–Crippen MR) is 264 cm³/mol. The van der Waals surface area contributed by atoms with E-state index in [1.54, 1.807) is 20.3 Å². The van der Waals surface area contributed by atoms with Crippen molar-refractivity contribution in [1.29, 1.82) is 0 Å². The first kappa shape index (κ1) is 53.3. The average molecular weight is 988 g/mol. The molecule has 0 bridgehead atoms. The number of anilines is 1. The van der Waals surface area contributed by atoms with Gasteiger partial charge >= 0.3 is 5.97 Å². The highest BCUT2D eigenvalue weighted by atomic mass is 32.2. The average Bonchev–Trinajstić information content (AvgIpc) is 3.67. The number of aliphatic carboxylic acids is 1. The maximum atomic E-state index is 12.7. The van der Waals surface area contributed by atoms with E-state index in [9.17, 15) is 35.8 Å². The lowest BCUT2D eigenvalue weighted by Crippen LogP contribution is -2.30. The lowest BCUT2D eigenvalue weighted by atomic mass is 9.76. The fourth-order valence-corrected chi connectivity index (χ4v) is 10.8. The monoisotopic (exact) mass is 987 g/mol. The predicted octanol–water partition coefficient (Wildman–Crippen LogP) is 7.89. The van der Waals surface area contributed by atoms with Gasteiger partial charge in [0, 0.05) is 68.3 Å². The zero-order valence-electron chi connectivity index (χ0n) is 40.0. The summed E-state index contributed by atoms with van der Waals surface area (Å²) in [4.78, 5) is 11.7. The number of rotatable bonds is 27. The van der Waals surface area contributed by atoms with Crippen LogP contribution < -0.4 is 4.90 Å². The Kier molecular flexibility index (Phi) is 18.3. The van der Waals surface area contributed by atoms with Crippen LogP contribution in [-0.2, 0) is 59.5 Å². The van der Waals surface area contributed by atoms with E-state index in [2.05, 4.69) is 59.7 Å². The molecule has 69 heavy (non-hydrogen) atoms. The number of unbranched alkanes of at least 4 members (excludes halogenated alkanes) is 2. The normalized spacial score (nSPS) is 17.8. The van der Waals surface area contributed by atoms with Gasteiger partial charge in [0.1, 0.15) is 26.8 Å². The van der Waals surface area contributed by atoms with Crippen LogP contribution in [0.1, 0.15) is 64.0 Å². The summed E-state index contributed by atoms with van der Waals surface area (Å²) >= 11 is 0. The van der Waals surface area contributed by atoms with E-state index in [0.29, 0.717) is 95.7 Å². The minimum Gasteiger partial charge on any atom is -0.744 e. The summed E-state index contributed by atoms with van der Waals surface area (Å²) < 4.78 is 106. The van der Waals surface area contributed by atoms with Gasteiger partial charge in [-0.2, -0.15) is 4.58 Å².